The van der Waals surface area contributed by atoms with Crippen LogP contribution in [0.1, 0.15) is 5.69 Å². The molecule has 0 aliphatic heterocycles. The maximum absolute atomic E-state index is 11.7. The van der Waals surface area contributed by atoms with Crippen molar-refractivity contribution >= 4 is 0 Å². The van der Waals surface area contributed by atoms with E-state index >= 15 is 0 Å². The molecule has 1 N–H and O–H groups in total. The number of pyridine rings is 1. The minimum atomic E-state index is -2.84. The molecule has 0 amide bonds. The van der Waals surface area contributed by atoms with Crippen LogP contribution in [-0.2, 0) is 6.54 Å². The largest absolute Gasteiger partial charge is 0.433 e. The number of halogens is 2. The molecule has 1 rings (SSSR count). The van der Waals surface area contributed by atoms with E-state index in [2.05, 4.69) is 14.8 Å². The van der Waals surface area contributed by atoms with Gasteiger partial charge in [0.1, 0.15) is 12.3 Å². The molecule has 0 bridgehead atoms. The molecular weight excluding hydrogens is 180 g/mol. The van der Waals surface area contributed by atoms with Crippen molar-refractivity contribution in [1.29, 1.82) is 5.53 Å². The van der Waals surface area contributed by atoms with Crippen LogP contribution in [0, 0.1) is 5.53 Å². The highest BCUT2D eigenvalue weighted by atomic mass is 19.3. The Bertz CT molecular complexity index is 276. The molecule has 1 aromatic rings. The quantitative estimate of drug-likeness (QED) is 0.734. The molecule has 0 atom stereocenters. The summed E-state index contributed by atoms with van der Waals surface area (Å²) in [6.45, 7) is -2.69. The summed E-state index contributed by atoms with van der Waals surface area (Å²) < 4.78 is 27.4. The van der Waals surface area contributed by atoms with Crippen LogP contribution in [-0.4, -0.2) is 11.6 Å². The summed E-state index contributed by atoms with van der Waals surface area (Å²) in [4.78, 5) is 3.75. The van der Waals surface area contributed by atoms with Gasteiger partial charge in [-0.05, 0) is 12.1 Å². The maximum Gasteiger partial charge on any atom is 0.387 e. The fourth-order valence-corrected chi connectivity index (χ4v) is 0.758. The Kier molecular flexibility index (Phi) is 3.24. The molecule has 0 saturated carbocycles. The summed E-state index contributed by atoms with van der Waals surface area (Å²) in [6, 6.07) is 2.84. The number of nitrogens with one attached hydrogen (secondary N) is 1. The Labute approximate surface area is 73.1 Å². The van der Waals surface area contributed by atoms with Gasteiger partial charge < -0.3 is 4.74 Å². The zero-order valence-corrected chi connectivity index (χ0v) is 6.58. The number of alkyl halides is 2. The summed E-state index contributed by atoms with van der Waals surface area (Å²) in [5, 5.41) is 3.10. The van der Waals surface area contributed by atoms with Crippen LogP contribution in [0.3, 0.4) is 0 Å². The Morgan fingerprint density at radius 2 is 2.31 bits per heavy atom. The Morgan fingerprint density at radius 3 is 2.77 bits per heavy atom. The standard InChI is InChI=1S/C7H7F2N3O/c8-7(9)13-6-2-1-5(3-12-10)11-4-6/h1-2,4,7,10H,3H2. The summed E-state index contributed by atoms with van der Waals surface area (Å²) in [5.74, 6) is 0.00345. The SMILES string of the molecule is N=NCc1ccc(OC(F)F)cn1. The molecule has 6 heteroatoms. The predicted molar refractivity (Wildman–Crippen MR) is 39.7 cm³/mol. The van der Waals surface area contributed by atoms with Gasteiger partial charge in [0, 0.05) is 0 Å². The Morgan fingerprint density at radius 1 is 1.54 bits per heavy atom. The van der Waals surface area contributed by atoms with Crippen molar-refractivity contribution in [3.05, 3.63) is 24.0 Å². The molecule has 0 aromatic carbocycles. The van der Waals surface area contributed by atoms with Gasteiger partial charge in [-0.3, -0.25) is 4.98 Å². The van der Waals surface area contributed by atoms with Gasteiger partial charge in [0.15, 0.2) is 0 Å². The van der Waals surface area contributed by atoms with E-state index in [4.69, 9.17) is 5.53 Å². The molecular formula is C7H7F2N3O. The highest BCUT2D eigenvalue weighted by molar-refractivity contribution is 5.19. The second kappa shape index (κ2) is 4.44. The van der Waals surface area contributed by atoms with Gasteiger partial charge in [-0.1, -0.05) is 0 Å². The first-order chi connectivity index (χ1) is 6.22. The zero-order valence-electron chi connectivity index (χ0n) is 6.58. The average Bonchev–Trinajstić information content (AvgIpc) is 2.08. The van der Waals surface area contributed by atoms with Crippen LogP contribution >= 0.6 is 0 Å². The van der Waals surface area contributed by atoms with E-state index in [-0.39, 0.29) is 12.3 Å². The summed E-state index contributed by atoms with van der Waals surface area (Å²) in [5.41, 5.74) is 7.08. The number of hydrogen-bond donors (Lipinski definition) is 1. The van der Waals surface area contributed by atoms with Crippen LogP contribution in [0.15, 0.2) is 23.4 Å². The smallest absolute Gasteiger partial charge is 0.387 e. The number of hydrogen-bond acceptors (Lipinski definition) is 4. The number of rotatable bonds is 4. The number of ether oxygens (including phenoxy) is 1. The topological polar surface area (TPSA) is 58.3 Å². The van der Waals surface area contributed by atoms with E-state index in [0.717, 1.165) is 0 Å². The fraction of sp³-hybridized carbons (Fsp3) is 0.286. The number of aromatic nitrogens is 1. The molecule has 0 radical (unpaired) electrons. The van der Waals surface area contributed by atoms with Crippen LogP contribution < -0.4 is 4.74 Å². The van der Waals surface area contributed by atoms with Gasteiger partial charge in [0.2, 0.25) is 0 Å². The van der Waals surface area contributed by atoms with Crippen LogP contribution in [0.4, 0.5) is 8.78 Å². The highest BCUT2D eigenvalue weighted by Gasteiger charge is 2.03. The molecule has 0 unspecified atom stereocenters. The van der Waals surface area contributed by atoms with Gasteiger partial charge in [-0.2, -0.15) is 13.9 Å². The van der Waals surface area contributed by atoms with Gasteiger partial charge in [0.05, 0.1) is 11.9 Å². The maximum atomic E-state index is 11.7. The lowest BCUT2D eigenvalue weighted by molar-refractivity contribution is -0.0500. The van der Waals surface area contributed by atoms with Crippen molar-refractivity contribution in [2.45, 2.75) is 13.2 Å². The second-order valence-electron chi connectivity index (χ2n) is 2.18. The molecule has 0 aliphatic carbocycles. The van der Waals surface area contributed by atoms with Gasteiger partial charge in [0.25, 0.3) is 0 Å². The average molecular weight is 187 g/mol. The van der Waals surface area contributed by atoms with Crippen LogP contribution in [0.25, 0.3) is 0 Å². The van der Waals surface area contributed by atoms with E-state index in [9.17, 15) is 8.78 Å². The molecule has 70 valence electrons. The predicted octanol–water partition coefficient (Wildman–Crippen LogP) is 2.21. The van der Waals surface area contributed by atoms with Crippen molar-refractivity contribution in [2.24, 2.45) is 5.11 Å². The zero-order chi connectivity index (χ0) is 9.68. The van der Waals surface area contributed by atoms with Gasteiger partial charge >= 0.3 is 6.61 Å². The first-order valence-electron chi connectivity index (χ1n) is 3.45. The third kappa shape index (κ3) is 3.10. The minimum absolute atomic E-state index is 0.00345. The van der Waals surface area contributed by atoms with E-state index in [1.54, 1.807) is 0 Å². The van der Waals surface area contributed by atoms with E-state index in [1.165, 1.54) is 18.3 Å². The lowest BCUT2D eigenvalue weighted by atomic mass is 10.3. The summed E-state index contributed by atoms with van der Waals surface area (Å²) >= 11 is 0. The second-order valence-corrected chi connectivity index (χ2v) is 2.18. The third-order valence-corrected chi connectivity index (χ3v) is 1.26. The summed E-state index contributed by atoms with van der Waals surface area (Å²) in [7, 11) is 0. The third-order valence-electron chi connectivity index (χ3n) is 1.26. The Hall–Kier alpha value is -1.59. The van der Waals surface area contributed by atoms with E-state index in [0.29, 0.717) is 5.69 Å². The van der Waals surface area contributed by atoms with E-state index in [1.807, 2.05) is 0 Å². The van der Waals surface area contributed by atoms with Crippen molar-refractivity contribution in [1.82, 2.24) is 4.98 Å². The van der Waals surface area contributed by atoms with Crippen LogP contribution in [0.5, 0.6) is 5.75 Å². The fourth-order valence-electron chi connectivity index (χ4n) is 0.758. The van der Waals surface area contributed by atoms with Crippen molar-refractivity contribution in [3.63, 3.8) is 0 Å². The first kappa shape index (κ1) is 9.50. The molecule has 0 saturated heterocycles. The minimum Gasteiger partial charge on any atom is -0.433 e. The van der Waals surface area contributed by atoms with Crippen molar-refractivity contribution in [2.75, 3.05) is 0 Å². The molecule has 0 fully saturated rings. The monoisotopic (exact) mass is 187 g/mol. The molecule has 0 aliphatic rings. The first-order valence-corrected chi connectivity index (χ1v) is 3.45. The molecule has 0 spiro atoms. The highest BCUT2D eigenvalue weighted by Crippen LogP contribution is 2.12. The molecule has 1 heterocycles. The van der Waals surface area contributed by atoms with Gasteiger partial charge in [-0.15, -0.1) is 0 Å². The van der Waals surface area contributed by atoms with Crippen LogP contribution in [0.2, 0.25) is 0 Å². The normalized spacial score (nSPS) is 10.1. The van der Waals surface area contributed by atoms with Crippen molar-refractivity contribution in [3.8, 4) is 5.75 Å². The summed E-state index contributed by atoms with van der Waals surface area (Å²) in [6.07, 6.45) is 1.17. The molecule has 4 nitrogen and oxygen atoms in total. The molecule has 13 heavy (non-hydrogen) atoms. The molecule has 1 aromatic heterocycles. The lowest BCUT2D eigenvalue weighted by Gasteiger charge is -2.03. The number of nitrogens with zero attached hydrogens (tertiary/aromatic N) is 2. The lowest BCUT2D eigenvalue weighted by Crippen LogP contribution is -2.02. The Balaban J connectivity index is 2.63. The van der Waals surface area contributed by atoms with Gasteiger partial charge in [-0.25, -0.2) is 5.53 Å². The van der Waals surface area contributed by atoms with E-state index < -0.39 is 6.61 Å². The van der Waals surface area contributed by atoms with Crippen molar-refractivity contribution < 1.29 is 13.5 Å².